The van der Waals surface area contributed by atoms with Gasteiger partial charge in [0.2, 0.25) is 0 Å². The molecule has 3 aromatic carbocycles. The highest BCUT2D eigenvalue weighted by molar-refractivity contribution is 6.04. The number of ether oxygens (including phenoxy) is 1. The molecule has 0 saturated heterocycles. The number of nitrogens with zero attached hydrogens (tertiary/aromatic N) is 3. The third-order valence-corrected chi connectivity index (χ3v) is 7.14. The van der Waals surface area contributed by atoms with Gasteiger partial charge in [-0.05, 0) is 65.9 Å². The van der Waals surface area contributed by atoms with Gasteiger partial charge in [-0.25, -0.2) is 14.2 Å². The average Bonchev–Trinajstić information content (AvgIpc) is 3.48. The Hall–Kier alpha value is -4.99. The lowest BCUT2D eigenvalue weighted by molar-refractivity contribution is 0.100. The zero-order chi connectivity index (χ0) is 28.0. The molecule has 6 rings (SSSR count). The Labute approximate surface area is 228 Å². The summed E-state index contributed by atoms with van der Waals surface area (Å²) in [4.78, 5) is 31.1. The first-order valence-corrected chi connectivity index (χ1v) is 12.9. The van der Waals surface area contributed by atoms with E-state index in [-0.39, 0.29) is 12.4 Å². The van der Waals surface area contributed by atoms with Crippen molar-refractivity contribution in [1.82, 2.24) is 19.7 Å². The molecule has 0 spiro atoms. The molecule has 3 heterocycles. The molecule has 10 heteroatoms. The molecule has 0 fully saturated rings. The smallest absolute Gasteiger partial charge is 0.439 e. The van der Waals surface area contributed by atoms with Crippen molar-refractivity contribution in [2.75, 3.05) is 0 Å². The third-order valence-electron chi connectivity index (χ3n) is 7.14. The minimum absolute atomic E-state index is 0.212. The van der Waals surface area contributed by atoms with Crippen LogP contribution in [-0.4, -0.2) is 25.6 Å². The topological polar surface area (TPSA) is 129 Å². The maximum atomic E-state index is 14.2. The van der Waals surface area contributed by atoms with Crippen molar-refractivity contribution >= 4 is 28.1 Å². The zero-order valence-electron chi connectivity index (χ0n) is 22.0. The van der Waals surface area contributed by atoms with Crippen LogP contribution in [0.3, 0.4) is 0 Å². The zero-order valence-corrected chi connectivity index (χ0v) is 22.0. The summed E-state index contributed by atoms with van der Waals surface area (Å²) in [6.07, 6.45) is 1.63. The molecule has 3 N–H and O–H groups in total. The molecular weight excluding hydrogens is 513 g/mol. The van der Waals surface area contributed by atoms with E-state index in [0.29, 0.717) is 34.5 Å². The van der Waals surface area contributed by atoms with Crippen LogP contribution in [0.15, 0.2) is 63.9 Å². The van der Waals surface area contributed by atoms with Crippen molar-refractivity contribution in [1.29, 1.82) is 0 Å². The van der Waals surface area contributed by atoms with Gasteiger partial charge in [-0.2, -0.15) is 0 Å². The van der Waals surface area contributed by atoms with Crippen molar-refractivity contribution in [2.45, 2.75) is 39.8 Å². The van der Waals surface area contributed by atoms with E-state index in [0.717, 1.165) is 46.4 Å². The number of hydrogen-bond acceptors (Lipinski definition) is 6. The fourth-order valence-electron chi connectivity index (χ4n) is 5.31. The van der Waals surface area contributed by atoms with Gasteiger partial charge in [0.25, 0.3) is 5.91 Å². The molecule has 40 heavy (non-hydrogen) atoms. The lowest BCUT2D eigenvalue weighted by Crippen LogP contribution is -2.11. The standard InChI is InChI=1S/C30H26FN5O4/c1-3-5-25-33-27-22(28(32)37)6-4-7-23(27)36(25)14-17-8-10-20-18(12-17)15-39-24-13-19(31)9-11-21(24)26(20)16(2)29-34-30(38)40-35-29/h4,6-13H,3,5,14-15H2,1-2H3,(H2,32,37)(H,34,35,38)/b26-16-. The van der Waals surface area contributed by atoms with Gasteiger partial charge in [-0.3, -0.25) is 14.3 Å². The first-order chi connectivity index (χ1) is 19.3. The maximum absolute atomic E-state index is 14.2. The Morgan fingerprint density at radius 1 is 1.15 bits per heavy atom. The molecule has 9 nitrogen and oxygen atoms in total. The van der Waals surface area contributed by atoms with Gasteiger partial charge in [0.1, 0.15) is 29.5 Å². The second-order valence-corrected chi connectivity index (χ2v) is 9.77. The number of amides is 1. The molecule has 0 atom stereocenters. The number of imidazole rings is 1. The van der Waals surface area contributed by atoms with Gasteiger partial charge in [0.05, 0.1) is 11.1 Å². The van der Waals surface area contributed by atoms with Crippen molar-refractivity contribution in [3.8, 4) is 5.75 Å². The molecule has 0 aliphatic carbocycles. The van der Waals surface area contributed by atoms with Gasteiger partial charge < -0.3 is 15.0 Å². The van der Waals surface area contributed by atoms with E-state index in [2.05, 4.69) is 27.7 Å². The molecule has 1 aliphatic heterocycles. The number of aromatic nitrogens is 4. The van der Waals surface area contributed by atoms with E-state index in [1.165, 1.54) is 12.1 Å². The largest absolute Gasteiger partial charge is 0.488 e. The second-order valence-electron chi connectivity index (χ2n) is 9.77. The second kappa shape index (κ2) is 9.96. The molecule has 1 amide bonds. The summed E-state index contributed by atoms with van der Waals surface area (Å²) in [5.74, 6) is -0.0479. The number of allylic oxidation sites excluding steroid dienone is 1. The predicted molar refractivity (Wildman–Crippen MR) is 147 cm³/mol. The Kier molecular flexibility index (Phi) is 6.30. The van der Waals surface area contributed by atoms with E-state index in [9.17, 15) is 14.0 Å². The minimum Gasteiger partial charge on any atom is -0.488 e. The number of fused-ring (bicyclic) bond motifs is 3. The summed E-state index contributed by atoms with van der Waals surface area (Å²) in [5, 5.41) is 3.87. The summed E-state index contributed by atoms with van der Waals surface area (Å²) >= 11 is 0. The van der Waals surface area contributed by atoms with Crippen LogP contribution in [-0.2, 0) is 19.6 Å². The molecule has 0 saturated carbocycles. The SMILES string of the molecule is CCCc1nc2c(C(N)=O)cccc2n1Cc1ccc2c(c1)COc1cc(F)ccc1/C2=C(/C)c1noc(=O)[nH]1. The number of benzene rings is 3. The molecule has 0 radical (unpaired) electrons. The normalized spacial score (nSPS) is 13.9. The van der Waals surface area contributed by atoms with E-state index >= 15 is 0 Å². The van der Waals surface area contributed by atoms with E-state index in [1.807, 2.05) is 31.2 Å². The molecule has 202 valence electrons. The Morgan fingerprint density at radius 2 is 1.98 bits per heavy atom. The first-order valence-electron chi connectivity index (χ1n) is 12.9. The average molecular weight is 540 g/mol. The molecule has 1 aliphatic rings. The highest BCUT2D eigenvalue weighted by Gasteiger charge is 2.24. The quantitative estimate of drug-likeness (QED) is 0.318. The molecule has 0 bridgehead atoms. The van der Waals surface area contributed by atoms with Crippen molar-refractivity contribution in [3.63, 3.8) is 0 Å². The number of aromatic amines is 1. The van der Waals surface area contributed by atoms with Crippen molar-refractivity contribution in [3.05, 3.63) is 110 Å². The maximum Gasteiger partial charge on any atom is 0.439 e. The Balaban J connectivity index is 1.48. The van der Waals surface area contributed by atoms with Gasteiger partial charge in [-0.15, -0.1) is 0 Å². The highest BCUT2D eigenvalue weighted by atomic mass is 19.1. The summed E-state index contributed by atoms with van der Waals surface area (Å²) in [5.41, 5.74) is 12.3. The van der Waals surface area contributed by atoms with Crippen LogP contribution in [0.2, 0.25) is 0 Å². The number of aryl methyl sites for hydroxylation is 1. The van der Waals surface area contributed by atoms with E-state index in [4.69, 9.17) is 20.0 Å². The van der Waals surface area contributed by atoms with Crippen molar-refractivity contribution in [2.24, 2.45) is 5.73 Å². The predicted octanol–water partition coefficient (Wildman–Crippen LogP) is 4.82. The number of carbonyl (C=O) groups is 1. The van der Waals surface area contributed by atoms with Crippen LogP contribution in [0.1, 0.15) is 64.5 Å². The van der Waals surface area contributed by atoms with E-state index in [1.54, 1.807) is 12.1 Å². The number of hydrogen-bond donors (Lipinski definition) is 2. The number of halogens is 1. The number of carbonyl (C=O) groups excluding carboxylic acids is 1. The molecule has 0 unspecified atom stereocenters. The lowest BCUT2D eigenvalue weighted by atomic mass is 9.89. The number of nitrogens with two attached hydrogens (primary N) is 1. The molecule has 5 aromatic rings. The molecular formula is C30H26FN5O4. The van der Waals surface area contributed by atoms with E-state index < -0.39 is 17.5 Å². The minimum atomic E-state index is -0.662. The van der Waals surface area contributed by atoms with Crippen LogP contribution < -0.4 is 16.2 Å². The summed E-state index contributed by atoms with van der Waals surface area (Å²) in [7, 11) is 0. The fourth-order valence-corrected chi connectivity index (χ4v) is 5.31. The Bertz CT molecular complexity index is 1880. The third kappa shape index (κ3) is 4.37. The first kappa shape index (κ1) is 25.3. The van der Waals surface area contributed by atoms with Crippen LogP contribution in [0, 0.1) is 5.82 Å². The fraction of sp³-hybridized carbons (Fsp3) is 0.200. The van der Waals surface area contributed by atoms with Crippen LogP contribution in [0.4, 0.5) is 4.39 Å². The van der Waals surface area contributed by atoms with Crippen LogP contribution in [0.5, 0.6) is 5.75 Å². The monoisotopic (exact) mass is 539 g/mol. The lowest BCUT2D eigenvalue weighted by Gasteiger charge is -2.15. The number of primary amides is 1. The highest BCUT2D eigenvalue weighted by Crippen LogP contribution is 2.41. The summed E-state index contributed by atoms with van der Waals surface area (Å²) < 4.78 is 27.1. The van der Waals surface area contributed by atoms with Crippen LogP contribution >= 0.6 is 0 Å². The molecule has 2 aromatic heterocycles. The van der Waals surface area contributed by atoms with Gasteiger partial charge >= 0.3 is 5.76 Å². The summed E-state index contributed by atoms with van der Waals surface area (Å²) in [6, 6.07) is 15.9. The van der Waals surface area contributed by atoms with Crippen LogP contribution in [0.25, 0.3) is 22.2 Å². The number of rotatable bonds is 6. The van der Waals surface area contributed by atoms with Gasteiger partial charge in [-0.1, -0.05) is 30.3 Å². The number of para-hydroxylation sites is 1. The van der Waals surface area contributed by atoms with Gasteiger partial charge in [0, 0.05) is 30.2 Å². The van der Waals surface area contributed by atoms with Crippen molar-refractivity contribution < 1.29 is 18.4 Å². The van der Waals surface area contributed by atoms with Gasteiger partial charge in [0.15, 0.2) is 5.82 Å². The number of nitrogens with one attached hydrogen (secondary N) is 1. The number of H-pyrrole nitrogens is 1. The summed E-state index contributed by atoms with van der Waals surface area (Å²) in [6.45, 7) is 4.63. The Morgan fingerprint density at radius 3 is 2.73 bits per heavy atom.